The van der Waals surface area contributed by atoms with Crippen LogP contribution in [0.15, 0.2) is 59.9 Å². The molecule has 9 nitrogen and oxygen atoms in total. The van der Waals surface area contributed by atoms with Crippen LogP contribution in [-0.2, 0) is 6.54 Å². The zero-order chi connectivity index (χ0) is 19.6. The van der Waals surface area contributed by atoms with Crippen LogP contribution >= 0.6 is 0 Å². The van der Waals surface area contributed by atoms with Gasteiger partial charge in [-0.25, -0.2) is 4.68 Å². The maximum atomic E-state index is 12.3. The molecule has 1 aliphatic rings. The van der Waals surface area contributed by atoms with Gasteiger partial charge in [0, 0.05) is 43.7 Å². The van der Waals surface area contributed by atoms with Crippen LogP contribution in [0.3, 0.4) is 0 Å². The van der Waals surface area contributed by atoms with E-state index in [1.54, 1.807) is 40.1 Å². The zero-order valence-corrected chi connectivity index (χ0v) is 15.8. The van der Waals surface area contributed by atoms with Gasteiger partial charge >= 0.3 is 0 Å². The second-order valence-corrected chi connectivity index (χ2v) is 7.23. The fraction of sp³-hybridized carbons (Fsp3) is 0.300. The topological polar surface area (TPSA) is 94.1 Å². The van der Waals surface area contributed by atoms with Crippen LogP contribution < -0.4 is 10.5 Å². The smallest absolute Gasteiger partial charge is 0.266 e. The number of fused-ring (bicyclic) bond motifs is 1. The van der Waals surface area contributed by atoms with E-state index in [0.717, 1.165) is 48.7 Å². The number of hydrogen-bond acceptors (Lipinski definition) is 7. The van der Waals surface area contributed by atoms with Crippen molar-refractivity contribution in [1.82, 2.24) is 34.6 Å². The first-order chi connectivity index (χ1) is 14.3. The second kappa shape index (κ2) is 7.42. The summed E-state index contributed by atoms with van der Waals surface area (Å²) < 4.78 is 3.28. The van der Waals surface area contributed by atoms with Crippen molar-refractivity contribution in [3.8, 4) is 11.3 Å². The second-order valence-electron chi connectivity index (χ2n) is 7.23. The molecule has 4 aromatic rings. The van der Waals surface area contributed by atoms with Gasteiger partial charge in [0.1, 0.15) is 12.1 Å². The maximum Gasteiger partial charge on any atom is 0.266 e. The van der Waals surface area contributed by atoms with E-state index < -0.39 is 0 Å². The van der Waals surface area contributed by atoms with Crippen molar-refractivity contribution in [2.75, 3.05) is 18.0 Å². The Kier molecular flexibility index (Phi) is 4.47. The molecule has 29 heavy (non-hydrogen) atoms. The summed E-state index contributed by atoms with van der Waals surface area (Å²) in [6.07, 6.45) is 7.03. The molecule has 0 N–H and O–H groups in total. The lowest BCUT2D eigenvalue weighted by atomic mass is 9.97. The van der Waals surface area contributed by atoms with E-state index in [0.29, 0.717) is 12.5 Å². The molecule has 1 fully saturated rings. The van der Waals surface area contributed by atoms with Gasteiger partial charge in [0.25, 0.3) is 5.56 Å². The fourth-order valence-corrected chi connectivity index (χ4v) is 3.73. The molecule has 0 bridgehead atoms. The molecule has 1 saturated heterocycles. The molecule has 146 valence electrons. The van der Waals surface area contributed by atoms with Gasteiger partial charge in [-0.05, 0) is 49.1 Å². The molecule has 0 aliphatic carbocycles. The number of nitrogens with zero attached hydrogens (tertiary/aromatic N) is 8. The third-order valence-corrected chi connectivity index (χ3v) is 5.36. The molecular weight excluding hydrogens is 368 g/mol. The molecule has 0 atom stereocenters. The molecule has 5 heterocycles. The van der Waals surface area contributed by atoms with E-state index >= 15 is 0 Å². The van der Waals surface area contributed by atoms with Crippen molar-refractivity contribution in [1.29, 1.82) is 0 Å². The molecule has 1 aliphatic heterocycles. The van der Waals surface area contributed by atoms with Gasteiger partial charge in [0.05, 0.1) is 5.69 Å². The first kappa shape index (κ1) is 17.5. The third-order valence-electron chi connectivity index (χ3n) is 5.36. The van der Waals surface area contributed by atoms with Crippen LogP contribution in [0.5, 0.6) is 0 Å². The van der Waals surface area contributed by atoms with Gasteiger partial charge in [0.2, 0.25) is 0 Å². The average Bonchev–Trinajstić information content (AvgIpc) is 3.24. The standard InChI is InChI=1S/C20H20N8O/c29-20-4-1-17(16-5-9-21-10-6-16)24-27(20)13-15-7-11-26(12-8-15)19-3-2-18-23-22-14-28(18)25-19/h1-6,9-10,14-15H,7-8,11-13H2. The average molecular weight is 388 g/mol. The molecule has 5 rings (SSSR count). The largest absolute Gasteiger partial charge is 0.355 e. The Bertz CT molecular complexity index is 1180. The molecule has 4 aromatic heterocycles. The number of aromatic nitrogens is 7. The first-order valence-electron chi connectivity index (χ1n) is 9.67. The van der Waals surface area contributed by atoms with Gasteiger partial charge in [-0.2, -0.15) is 9.61 Å². The Morgan fingerprint density at radius 3 is 2.62 bits per heavy atom. The molecule has 0 radical (unpaired) electrons. The van der Waals surface area contributed by atoms with E-state index in [1.165, 1.54) is 0 Å². The normalized spacial score (nSPS) is 15.1. The molecule has 0 unspecified atom stereocenters. The molecule has 0 aromatic carbocycles. The third kappa shape index (κ3) is 3.58. The minimum atomic E-state index is -0.0649. The van der Waals surface area contributed by atoms with Crippen molar-refractivity contribution < 1.29 is 0 Å². The Hall–Kier alpha value is -3.62. The van der Waals surface area contributed by atoms with E-state index in [2.05, 4.69) is 30.3 Å². The van der Waals surface area contributed by atoms with Crippen LogP contribution in [-0.4, -0.2) is 47.7 Å². The van der Waals surface area contributed by atoms with Gasteiger partial charge < -0.3 is 4.90 Å². The van der Waals surface area contributed by atoms with Crippen LogP contribution in [0, 0.1) is 5.92 Å². The van der Waals surface area contributed by atoms with E-state index in [1.807, 2.05) is 24.3 Å². The minimum absolute atomic E-state index is 0.0649. The fourth-order valence-electron chi connectivity index (χ4n) is 3.73. The van der Waals surface area contributed by atoms with E-state index in [-0.39, 0.29) is 5.56 Å². The lowest BCUT2D eigenvalue weighted by molar-refractivity contribution is 0.334. The quantitative estimate of drug-likeness (QED) is 0.525. The summed E-state index contributed by atoms with van der Waals surface area (Å²) in [4.78, 5) is 18.6. The summed E-state index contributed by atoms with van der Waals surface area (Å²) in [7, 11) is 0. The van der Waals surface area contributed by atoms with Gasteiger partial charge in [-0.1, -0.05) is 0 Å². The highest BCUT2D eigenvalue weighted by molar-refractivity contribution is 5.57. The van der Waals surface area contributed by atoms with Crippen molar-refractivity contribution >= 4 is 11.5 Å². The summed E-state index contributed by atoms with van der Waals surface area (Å²) >= 11 is 0. The molecule has 0 spiro atoms. The molecule has 9 heteroatoms. The monoisotopic (exact) mass is 388 g/mol. The van der Waals surface area contributed by atoms with Crippen LogP contribution in [0.4, 0.5) is 5.82 Å². The van der Waals surface area contributed by atoms with Gasteiger partial charge in [-0.3, -0.25) is 9.78 Å². The predicted molar refractivity (Wildman–Crippen MR) is 107 cm³/mol. The number of hydrogen-bond donors (Lipinski definition) is 0. The summed E-state index contributed by atoms with van der Waals surface area (Å²) in [6.45, 7) is 2.41. The van der Waals surface area contributed by atoms with E-state index in [9.17, 15) is 4.79 Å². The molecule has 0 amide bonds. The number of pyridine rings is 1. The maximum absolute atomic E-state index is 12.3. The predicted octanol–water partition coefficient (Wildman–Crippen LogP) is 1.66. The molecule has 0 saturated carbocycles. The van der Waals surface area contributed by atoms with Crippen LogP contribution in [0.2, 0.25) is 0 Å². The highest BCUT2D eigenvalue weighted by Crippen LogP contribution is 2.23. The first-order valence-corrected chi connectivity index (χ1v) is 9.67. The summed E-state index contributed by atoms with van der Waals surface area (Å²) in [6, 6.07) is 11.1. The van der Waals surface area contributed by atoms with Crippen molar-refractivity contribution in [2.45, 2.75) is 19.4 Å². The van der Waals surface area contributed by atoms with Crippen molar-refractivity contribution in [3.05, 3.63) is 65.5 Å². The van der Waals surface area contributed by atoms with Crippen LogP contribution in [0.1, 0.15) is 12.8 Å². The number of rotatable bonds is 4. The minimum Gasteiger partial charge on any atom is -0.355 e. The summed E-state index contributed by atoms with van der Waals surface area (Å²) in [5.74, 6) is 1.33. The van der Waals surface area contributed by atoms with Gasteiger partial charge in [-0.15, -0.1) is 15.3 Å². The Morgan fingerprint density at radius 2 is 1.79 bits per heavy atom. The SMILES string of the molecule is O=c1ccc(-c2ccncc2)nn1CC1CCN(c2ccc3nncn3n2)CC1. The number of anilines is 1. The van der Waals surface area contributed by atoms with Crippen molar-refractivity contribution in [3.63, 3.8) is 0 Å². The Morgan fingerprint density at radius 1 is 0.966 bits per heavy atom. The summed E-state index contributed by atoms with van der Waals surface area (Å²) in [5.41, 5.74) is 2.42. The van der Waals surface area contributed by atoms with Crippen LogP contribution in [0.25, 0.3) is 16.9 Å². The lowest BCUT2D eigenvalue weighted by Crippen LogP contribution is -2.37. The van der Waals surface area contributed by atoms with E-state index in [4.69, 9.17) is 0 Å². The zero-order valence-electron chi connectivity index (χ0n) is 15.8. The highest BCUT2D eigenvalue weighted by Gasteiger charge is 2.22. The summed E-state index contributed by atoms with van der Waals surface area (Å²) in [5, 5.41) is 17.0. The number of piperidine rings is 1. The lowest BCUT2D eigenvalue weighted by Gasteiger charge is -2.32. The van der Waals surface area contributed by atoms with Gasteiger partial charge in [0.15, 0.2) is 5.65 Å². The Labute approximate surface area is 166 Å². The highest BCUT2D eigenvalue weighted by atomic mass is 16.1. The Balaban J connectivity index is 1.27. The molecular formula is C20H20N8O. The van der Waals surface area contributed by atoms with Crippen molar-refractivity contribution in [2.24, 2.45) is 5.92 Å².